The zero-order valence-electron chi connectivity index (χ0n) is 10.2. The molecule has 0 saturated carbocycles. The van der Waals surface area contributed by atoms with E-state index in [0.717, 1.165) is 6.07 Å². The first-order valence-corrected chi connectivity index (χ1v) is 5.73. The van der Waals surface area contributed by atoms with Crippen LogP contribution in [-0.4, -0.2) is 11.4 Å². The molecule has 0 aliphatic heterocycles. The molecule has 6 heteroatoms. The highest BCUT2D eigenvalue weighted by Crippen LogP contribution is 2.26. The predicted octanol–water partition coefficient (Wildman–Crippen LogP) is 3.84. The highest BCUT2D eigenvalue weighted by molar-refractivity contribution is 5.48. The van der Waals surface area contributed by atoms with E-state index in [1.54, 1.807) is 0 Å². The number of benzene rings is 2. The van der Waals surface area contributed by atoms with Crippen LogP contribution in [0.2, 0.25) is 0 Å². The maximum Gasteiger partial charge on any atom is 0.482 e. The molecule has 0 aromatic heterocycles. The summed E-state index contributed by atoms with van der Waals surface area (Å²) in [6.45, 7) is 0. The molecule has 2 nitrogen and oxygen atoms in total. The van der Waals surface area contributed by atoms with Crippen LogP contribution >= 0.6 is 0 Å². The first-order chi connectivity index (χ1) is 9.35. The predicted molar refractivity (Wildman–Crippen MR) is 66.6 cm³/mol. The molecule has 0 aliphatic carbocycles. The minimum Gasteiger partial charge on any atom is -0.384 e. The number of hydrogen-bond acceptors (Lipinski definition) is 2. The minimum absolute atomic E-state index is 0.189. The first kappa shape index (κ1) is 14.3. The van der Waals surface area contributed by atoms with Gasteiger partial charge in [0.25, 0.3) is 0 Å². The molecule has 1 atom stereocenters. The van der Waals surface area contributed by atoms with Crippen molar-refractivity contribution < 1.29 is 22.7 Å². The molecular weight excluding hydrogens is 274 g/mol. The monoisotopic (exact) mass is 285 g/mol. The van der Waals surface area contributed by atoms with Crippen LogP contribution in [0.5, 0.6) is 0 Å². The second-order valence-electron chi connectivity index (χ2n) is 4.21. The molecule has 2 aromatic carbocycles. The summed E-state index contributed by atoms with van der Waals surface area (Å²) in [5.41, 5.74) is 0.324. The standard InChI is InChI=1S/C14H11F4NO/c15-11-5-1-3-9(7-11)13(20)10-4-2-6-12(8-10)19-14(16,17)18/h1-8,13,19-20H. The molecule has 2 rings (SSSR count). The van der Waals surface area contributed by atoms with Crippen molar-refractivity contribution in [2.24, 2.45) is 0 Å². The summed E-state index contributed by atoms with van der Waals surface area (Å²) in [5.74, 6) is -0.522. The Kier molecular flexibility index (Phi) is 3.94. The third-order valence-corrected chi connectivity index (χ3v) is 2.65. The SMILES string of the molecule is OC(c1cccc(F)c1)c1cccc(NC(F)(F)F)c1. The van der Waals surface area contributed by atoms with Gasteiger partial charge in [-0.05, 0) is 35.4 Å². The maximum absolute atomic E-state index is 13.1. The molecule has 0 amide bonds. The molecule has 0 aliphatic rings. The Balaban J connectivity index is 2.26. The summed E-state index contributed by atoms with van der Waals surface area (Å²) >= 11 is 0. The van der Waals surface area contributed by atoms with Crippen molar-refractivity contribution in [3.8, 4) is 0 Å². The lowest BCUT2D eigenvalue weighted by atomic mass is 10.0. The second kappa shape index (κ2) is 5.50. The highest BCUT2D eigenvalue weighted by atomic mass is 19.4. The van der Waals surface area contributed by atoms with Crippen LogP contribution < -0.4 is 5.32 Å². The fraction of sp³-hybridized carbons (Fsp3) is 0.143. The Hall–Kier alpha value is -2.08. The van der Waals surface area contributed by atoms with E-state index in [0.29, 0.717) is 0 Å². The second-order valence-corrected chi connectivity index (χ2v) is 4.21. The number of aliphatic hydroxyl groups is 1. The number of hydrogen-bond donors (Lipinski definition) is 2. The molecule has 0 radical (unpaired) electrons. The van der Waals surface area contributed by atoms with Gasteiger partial charge in [0.2, 0.25) is 0 Å². The summed E-state index contributed by atoms with van der Waals surface area (Å²) in [5, 5.41) is 11.4. The summed E-state index contributed by atoms with van der Waals surface area (Å²) < 4.78 is 49.8. The molecule has 0 bridgehead atoms. The zero-order chi connectivity index (χ0) is 14.8. The van der Waals surface area contributed by atoms with E-state index in [4.69, 9.17) is 0 Å². The normalized spacial score (nSPS) is 13.1. The maximum atomic E-state index is 13.1. The van der Waals surface area contributed by atoms with Gasteiger partial charge in [0.05, 0.1) is 0 Å². The van der Waals surface area contributed by atoms with Crippen LogP contribution in [0, 0.1) is 5.82 Å². The molecule has 20 heavy (non-hydrogen) atoms. The summed E-state index contributed by atoms with van der Waals surface area (Å²) in [6, 6.07) is 10.5. The molecule has 2 N–H and O–H groups in total. The fourth-order valence-electron chi connectivity index (χ4n) is 1.82. The molecule has 1 unspecified atom stereocenters. The lowest BCUT2D eigenvalue weighted by molar-refractivity contribution is -0.0999. The first-order valence-electron chi connectivity index (χ1n) is 5.73. The average Bonchev–Trinajstić information content (AvgIpc) is 2.36. The lowest BCUT2D eigenvalue weighted by Crippen LogP contribution is -2.20. The van der Waals surface area contributed by atoms with E-state index < -0.39 is 18.2 Å². The number of alkyl halides is 3. The van der Waals surface area contributed by atoms with Crippen molar-refractivity contribution in [1.82, 2.24) is 0 Å². The summed E-state index contributed by atoms with van der Waals surface area (Å²) in [4.78, 5) is 0. The third-order valence-electron chi connectivity index (χ3n) is 2.65. The fourth-order valence-corrected chi connectivity index (χ4v) is 1.82. The number of halogens is 4. The van der Waals surface area contributed by atoms with Crippen molar-refractivity contribution in [3.05, 3.63) is 65.5 Å². The largest absolute Gasteiger partial charge is 0.482 e. The van der Waals surface area contributed by atoms with Crippen molar-refractivity contribution >= 4 is 5.69 Å². The Morgan fingerprint density at radius 1 is 0.950 bits per heavy atom. The van der Waals surface area contributed by atoms with Gasteiger partial charge in [-0.2, -0.15) is 13.2 Å². The van der Waals surface area contributed by atoms with Crippen molar-refractivity contribution in [3.63, 3.8) is 0 Å². The van der Waals surface area contributed by atoms with E-state index in [1.165, 1.54) is 47.8 Å². The van der Waals surface area contributed by atoms with Gasteiger partial charge in [0, 0.05) is 5.69 Å². The van der Waals surface area contributed by atoms with Gasteiger partial charge in [0.1, 0.15) is 11.9 Å². The van der Waals surface area contributed by atoms with Crippen LogP contribution in [-0.2, 0) is 0 Å². The van der Waals surface area contributed by atoms with Gasteiger partial charge < -0.3 is 5.11 Å². The van der Waals surface area contributed by atoms with E-state index in [1.807, 2.05) is 0 Å². The van der Waals surface area contributed by atoms with E-state index in [2.05, 4.69) is 0 Å². The van der Waals surface area contributed by atoms with Crippen LogP contribution in [0.3, 0.4) is 0 Å². The van der Waals surface area contributed by atoms with Gasteiger partial charge in [-0.3, -0.25) is 5.32 Å². The lowest BCUT2D eigenvalue weighted by Gasteiger charge is -2.15. The van der Waals surface area contributed by atoms with Gasteiger partial charge in [-0.15, -0.1) is 0 Å². The van der Waals surface area contributed by atoms with Gasteiger partial charge in [0.15, 0.2) is 0 Å². The number of anilines is 1. The minimum atomic E-state index is -4.55. The molecule has 0 spiro atoms. The van der Waals surface area contributed by atoms with Gasteiger partial charge in [-0.1, -0.05) is 24.3 Å². The molecular formula is C14H11F4NO. The third kappa shape index (κ3) is 3.71. The smallest absolute Gasteiger partial charge is 0.384 e. The molecule has 2 aromatic rings. The number of rotatable bonds is 3. The van der Waals surface area contributed by atoms with Crippen LogP contribution in [0.4, 0.5) is 23.2 Å². The Labute approximate surface area is 112 Å². The van der Waals surface area contributed by atoms with E-state index in [9.17, 15) is 22.7 Å². The Morgan fingerprint density at radius 2 is 1.55 bits per heavy atom. The van der Waals surface area contributed by atoms with E-state index >= 15 is 0 Å². The van der Waals surface area contributed by atoms with Gasteiger partial charge in [-0.25, -0.2) is 4.39 Å². The van der Waals surface area contributed by atoms with Crippen molar-refractivity contribution in [2.45, 2.75) is 12.4 Å². The molecule has 106 valence electrons. The Bertz CT molecular complexity index is 598. The van der Waals surface area contributed by atoms with E-state index in [-0.39, 0.29) is 16.8 Å². The molecule has 0 fully saturated rings. The van der Waals surface area contributed by atoms with Crippen LogP contribution in [0.15, 0.2) is 48.5 Å². The highest BCUT2D eigenvalue weighted by Gasteiger charge is 2.27. The summed E-state index contributed by atoms with van der Waals surface area (Å²) in [7, 11) is 0. The number of nitrogens with one attached hydrogen (secondary N) is 1. The van der Waals surface area contributed by atoms with Crippen LogP contribution in [0.1, 0.15) is 17.2 Å². The molecule has 0 saturated heterocycles. The topological polar surface area (TPSA) is 32.3 Å². The van der Waals surface area contributed by atoms with Crippen LogP contribution in [0.25, 0.3) is 0 Å². The number of aliphatic hydroxyl groups excluding tert-OH is 1. The van der Waals surface area contributed by atoms with Crippen molar-refractivity contribution in [2.75, 3.05) is 5.32 Å². The average molecular weight is 285 g/mol. The van der Waals surface area contributed by atoms with Crippen molar-refractivity contribution in [1.29, 1.82) is 0 Å². The summed E-state index contributed by atoms with van der Waals surface area (Å²) in [6.07, 6.45) is -5.75. The zero-order valence-corrected chi connectivity index (χ0v) is 10.2. The Morgan fingerprint density at radius 3 is 2.15 bits per heavy atom. The quantitative estimate of drug-likeness (QED) is 0.663. The molecule has 0 heterocycles. The van der Waals surface area contributed by atoms with Gasteiger partial charge >= 0.3 is 6.30 Å².